The lowest BCUT2D eigenvalue weighted by Gasteiger charge is -2.29. The Balaban J connectivity index is 1.44. The maximum Gasteiger partial charge on any atom is 0.199 e. The van der Waals surface area contributed by atoms with E-state index in [0.717, 1.165) is 22.7 Å². The fourth-order valence-corrected chi connectivity index (χ4v) is 4.38. The van der Waals surface area contributed by atoms with Crippen LogP contribution in [0.15, 0.2) is 48.5 Å². The minimum absolute atomic E-state index is 0.659. The first-order valence-corrected chi connectivity index (χ1v) is 11.2. The van der Waals surface area contributed by atoms with Crippen LogP contribution in [0.1, 0.15) is 30.4 Å². The molecule has 5 nitrogen and oxygen atoms in total. The Kier molecular flexibility index (Phi) is 6.35. The maximum absolute atomic E-state index is 5.66. The van der Waals surface area contributed by atoms with Gasteiger partial charge in [0.25, 0.3) is 0 Å². The normalized spacial score (nSPS) is 14.5. The van der Waals surface area contributed by atoms with Gasteiger partial charge in [0.2, 0.25) is 0 Å². The van der Waals surface area contributed by atoms with Crippen LogP contribution < -0.4 is 4.90 Å². The third kappa shape index (κ3) is 4.50. The largest absolute Gasteiger partial charge is 0.372 e. The Morgan fingerprint density at radius 1 is 1.00 bits per heavy atom. The van der Waals surface area contributed by atoms with Crippen molar-refractivity contribution in [2.24, 2.45) is 7.05 Å². The molecule has 0 atom stereocenters. The Labute approximate surface area is 184 Å². The number of anilines is 1. The molecule has 0 radical (unpaired) electrons. The number of aryl methyl sites for hydroxylation is 1. The minimum Gasteiger partial charge on any atom is -0.372 e. The molecule has 4 rings (SSSR count). The fraction of sp³-hybridized carbons (Fsp3) is 0.417. The molecule has 1 aliphatic heterocycles. The summed E-state index contributed by atoms with van der Waals surface area (Å²) < 4.78 is 4.65. The van der Waals surface area contributed by atoms with Gasteiger partial charge in [-0.05, 0) is 68.7 Å². The zero-order chi connectivity index (χ0) is 21.1. The van der Waals surface area contributed by atoms with Gasteiger partial charge in [0.05, 0.1) is 6.67 Å². The zero-order valence-electron chi connectivity index (χ0n) is 18.2. The first-order chi connectivity index (χ1) is 14.5. The summed E-state index contributed by atoms with van der Waals surface area (Å²) in [5.74, 6) is 0.914. The average molecular weight is 422 g/mol. The van der Waals surface area contributed by atoms with Crippen molar-refractivity contribution in [3.63, 3.8) is 0 Å². The number of hydrogen-bond donors (Lipinski definition) is 0. The summed E-state index contributed by atoms with van der Waals surface area (Å²) in [6.45, 7) is 5.99. The van der Waals surface area contributed by atoms with Gasteiger partial charge in [-0.15, -0.1) is 0 Å². The number of hydrogen-bond acceptors (Lipinski definition) is 4. The topological polar surface area (TPSA) is 29.2 Å². The van der Waals surface area contributed by atoms with Crippen LogP contribution in [0.5, 0.6) is 0 Å². The van der Waals surface area contributed by atoms with E-state index in [1.807, 2.05) is 22.4 Å². The highest BCUT2D eigenvalue weighted by Gasteiger charge is 2.14. The lowest BCUT2D eigenvalue weighted by Crippen LogP contribution is -2.29. The van der Waals surface area contributed by atoms with E-state index in [1.54, 1.807) is 0 Å². The van der Waals surface area contributed by atoms with Gasteiger partial charge in [-0.1, -0.05) is 36.4 Å². The summed E-state index contributed by atoms with van der Waals surface area (Å²) >= 11 is 5.66. The Morgan fingerprint density at radius 3 is 2.40 bits per heavy atom. The smallest absolute Gasteiger partial charge is 0.199 e. The van der Waals surface area contributed by atoms with E-state index >= 15 is 0 Å². The molecular weight excluding hydrogens is 390 g/mol. The number of benzene rings is 2. The summed E-state index contributed by atoms with van der Waals surface area (Å²) in [6.07, 6.45) is 3.97. The van der Waals surface area contributed by atoms with Gasteiger partial charge in [-0.2, -0.15) is 5.10 Å². The van der Waals surface area contributed by atoms with Crippen molar-refractivity contribution < 1.29 is 0 Å². The highest BCUT2D eigenvalue weighted by molar-refractivity contribution is 7.71. The lowest BCUT2D eigenvalue weighted by atomic mass is 10.1. The van der Waals surface area contributed by atoms with E-state index in [2.05, 4.69) is 66.2 Å². The molecule has 1 aliphatic rings. The SMILES string of the molecule is Cc1ccccc1-c1nn(CN(C)Cc2ccc(N3CCCCC3)cc2)c(=S)n1C. The van der Waals surface area contributed by atoms with E-state index in [1.165, 1.54) is 49.2 Å². The van der Waals surface area contributed by atoms with Crippen molar-refractivity contribution in [1.29, 1.82) is 0 Å². The summed E-state index contributed by atoms with van der Waals surface area (Å²) in [5.41, 5.74) is 4.98. The molecule has 158 valence electrons. The zero-order valence-corrected chi connectivity index (χ0v) is 19.0. The van der Waals surface area contributed by atoms with E-state index in [0.29, 0.717) is 6.67 Å². The lowest BCUT2D eigenvalue weighted by molar-refractivity contribution is 0.244. The summed E-state index contributed by atoms with van der Waals surface area (Å²) in [6, 6.07) is 17.3. The van der Waals surface area contributed by atoms with Crippen LogP contribution in [0.25, 0.3) is 11.4 Å². The van der Waals surface area contributed by atoms with Crippen molar-refractivity contribution >= 4 is 17.9 Å². The molecule has 1 fully saturated rings. The number of piperidine rings is 1. The second kappa shape index (κ2) is 9.14. The monoisotopic (exact) mass is 421 g/mol. The molecule has 0 N–H and O–H groups in total. The van der Waals surface area contributed by atoms with Gasteiger partial charge in [0.1, 0.15) is 0 Å². The highest BCUT2D eigenvalue weighted by atomic mass is 32.1. The maximum atomic E-state index is 5.66. The molecule has 0 spiro atoms. The van der Waals surface area contributed by atoms with Gasteiger partial charge < -0.3 is 9.47 Å². The van der Waals surface area contributed by atoms with Crippen molar-refractivity contribution in [2.75, 3.05) is 25.0 Å². The molecule has 0 aliphatic carbocycles. The molecule has 1 aromatic heterocycles. The van der Waals surface area contributed by atoms with Crippen LogP contribution in [-0.4, -0.2) is 39.4 Å². The van der Waals surface area contributed by atoms with Crippen LogP contribution in [0.2, 0.25) is 0 Å². The second-order valence-electron chi connectivity index (χ2n) is 8.35. The Morgan fingerprint density at radius 2 is 1.70 bits per heavy atom. The highest BCUT2D eigenvalue weighted by Crippen LogP contribution is 2.22. The molecule has 6 heteroatoms. The molecule has 3 aromatic rings. The van der Waals surface area contributed by atoms with Gasteiger partial charge in [-0.3, -0.25) is 4.90 Å². The quantitative estimate of drug-likeness (QED) is 0.524. The van der Waals surface area contributed by atoms with E-state index in [-0.39, 0.29) is 0 Å². The molecule has 0 amide bonds. The second-order valence-corrected chi connectivity index (χ2v) is 8.71. The van der Waals surface area contributed by atoms with Gasteiger partial charge in [0.15, 0.2) is 10.6 Å². The molecule has 30 heavy (non-hydrogen) atoms. The predicted octanol–water partition coefficient (Wildman–Crippen LogP) is 5.01. The van der Waals surface area contributed by atoms with E-state index in [9.17, 15) is 0 Å². The van der Waals surface area contributed by atoms with Gasteiger partial charge in [-0.25, -0.2) is 4.68 Å². The van der Waals surface area contributed by atoms with Crippen molar-refractivity contribution in [1.82, 2.24) is 19.2 Å². The summed E-state index contributed by atoms with van der Waals surface area (Å²) in [4.78, 5) is 4.75. The van der Waals surface area contributed by atoms with E-state index in [4.69, 9.17) is 17.3 Å². The summed E-state index contributed by atoms with van der Waals surface area (Å²) in [7, 11) is 4.11. The number of rotatable bonds is 6. The molecule has 1 saturated heterocycles. The first kappa shape index (κ1) is 20.8. The third-order valence-corrected chi connectivity index (χ3v) is 6.40. The van der Waals surface area contributed by atoms with Gasteiger partial charge in [0, 0.05) is 37.9 Å². The van der Waals surface area contributed by atoms with Gasteiger partial charge >= 0.3 is 0 Å². The number of nitrogens with zero attached hydrogens (tertiary/aromatic N) is 5. The Bertz CT molecular complexity index is 1040. The van der Waals surface area contributed by atoms with Crippen LogP contribution >= 0.6 is 12.2 Å². The van der Waals surface area contributed by atoms with Crippen LogP contribution in [0, 0.1) is 11.7 Å². The Hall–Kier alpha value is -2.44. The average Bonchev–Trinajstić information content (AvgIpc) is 3.03. The third-order valence-electron chi connectivity index (χ3n) is 5.91. The van der Waals surface area contributed by atoms with Crippen molar-refractivity contribution in [3.8, 4) is 11.4 Å². The molecule has 2 aromatic carbocycles. The summed E-state index contributed by atoms with van der Waals surface area (Å²) in [5, 5.41) is 4.82. The van der Waals surface area contributed by atoms with Crippen molar-refractivity contribution in [2.45, 2.75) is 39.4 Å². The standard InChI is InChI=1S/C24H31N5S/c1-19-9-5-6-10-22(19)23-25-29(24(30)27(23)3)18-26(2)17-20-11-13-21(14-12-20)28-15-7-4-8-16-28/h5-6,9-14H,4,7-8,15-18H2,1-3H3. The van der Waals surface area contributed by atoms with Crippen LogP contribution in [0.4, 0.5) is 5.69 Å². The molecule has 0 saturated carbocycles. The molecular formula is C24H31N5S. The molecule has 0 bridgehead atoms. The predicted molar refractivity (Wildman–Crippen MR) is 126 cm³/mol. The van der Waals surface area contributed by atoms with Crippen molar-refractivity contribution in [3.05, 3.63) is 64.4 Å². The molecule has 2 heterocycles. The van der Waals surface area contributed by atoms with E-state index < -0.39 is 0 Å². The molecule has 0 unspecified atom stereocenters. The van der Waals surface area contributed by atoms with Crippen LogP contribution in [0.3, 0.4) is 0 Å². The fourth-order valence-electron chi connectivity index (χ4n) is 4.19. The minimum atomic E-state index is 0.659. The van der Waals surface area contributed by atoms with Crippen LogP contribution in [-0.2, 0) is 20.3 Å². The number of aromatic nitrogens is 3. The first-order valence-electron chi connectivity index (χ1n) is 10.7.